The van der Waals surface area contributed by atoms with E-state index in [2.05, 4.69) is 45.6 Å². The third-order valence-corrected chi connectivity index (χ3v) is 3.09. The van der Waals surface area contributed by atoms with Crippen molar-refractivity contribution < 1.29 is 0 Å². The van der Waals surface area contributed by atoms with Crippen molar-refractivity contribution >= 4 is 39.5 Å². The number of benzene rings is 1. The largest absolute Gasteiger partial charge is 0.375 e. The molecule has 0 fully saturated rings. The normalized spacial score (nSPS) is 10.6. The Labute approximate surface area is 103 Å². The van der Waals surface area contributed by atoms with E-state index in [0.717, 1.165) is 10.0 Å². The Morgan fingerprint density at radius 3 is 2.73 bits per heavy atom. The highest BCUT2D eigenvalue weighted by atomic mass is 79.9. The van der Waals surface area contributed by atoms with Crippen LogP contribution in [0, 0.1) is 13.8 Å². The van der Waals surface area contributed by atoms with Gasteiger partial charge in [0.25, 0.3) is 0 Å². The van der Waals surface area contributed by atoms with Crippen molar-refractivity contribution in [1.29, 1.82) is 0 Å². The Morgan fingerprint density at radius 2 is 2.13 bits per heavy atom. The second-order valence-electron chi connectivity index (χ2n) is 3.12. The number of halogens is 1. The van der Waals surface area contributed by atoms with E-state index in [1.807, 2.05) is 19.1 Å². The van der Waals surface area contributed by atoms with Gasteiger partial charge in [0.2, 0.25) is 0 Å². The topological polar surface area (TPSA) is 50.4 Å². The van der Waals surface area contributed by atoms with Gasteiger partial charge in [0.15, 0.2) is 5.11 Å². The zero-order chi connectivity index (χ0) is 11.4. The average molecular weight is 286 g/mol. The molecule has 0 aliphatic rings. The molecule has 1 rings (SSSR count). The number of nitrogens with two attached hydrogens (primary N) is 1. The molecule has 0 bridgehead atoms. The first-order valence-electron chi connectivity index (χ1n) is 4.36. The lowest BCUT2D eigenvalue weighted by atomic mass is 10.0. The number of rotatable bonds is 2. The molecule has 0 atom stereocenters. The van der Waals surface area contributed by atoms with E-state index >= 15 is 0 Å². The van der Waals surface area contributed by atoms with Gasteiger partial charge >= 0.3 is 0 Å². The van der Waals surface area contributed by atoms with Crippen molar-refractivity contribution in [3.8, 4) is 0 Å². The third kappa shape index (κ3) is 3.28. The molecule has 3 N–H and O–H groups in total. The highest BCUT2D eigenvalue weighted by molar-refractivity contribution is 9.10. The van der Waals surface area contributed by atoms with Crippen LogP contribution in [0.3, 0.4) is 0 Å². The fourth-order valence-electron chi connectivity index (χ4n) is 1.11. The van der Waals surface area contributed by atoms with Crippen LogP contribution in [0.1, 0.15) is 16.7 Å². The fourth-order valence-corrected chi connectivity index (χ4v) is 1.60. The second kappa shape index (κ2) is 5.23. The Kier molecular flexibility index (Phi) is 4.23. The summed E-state index contributed by atoms with van der Waals surface area (Å²) in [5.74, 6) is 0. The minimum atomic E-state index is 0.165. The molecule has 5 heteroatoms. The van der Waals surface area contributed by atoms with Crippen LogP contribution in [-0.4, -0.2) is 11.3 Å². The number of hydrogen-bond acceptors (Lipinski definition) is 2. The molecule has 0 unspecified atom stereocenters. The summed E-state index contributed by atoms with van der Waals surface area (Å²) in [6.07, 6.45) is 1.70. The summed E-state index contributed by atoms with van der Waals surface area (Å²) in [6, 6.07) is 3.97. The maximum atomic E-state index is 5.25. The Morgan fingerprint density at radius 1 is 1.47 bits per heavy atom. The van der Waals surface area contributed by atoms with E-state index in [0.29, 0.717) is 0 Å². The highest BCUT2D eigenvalue weighted by Crippen LogP contribution is 2.21. The molecule has 0 amide bonds. The predicted octanol–water partition coefficient (Wildman–Crippen LogP) is 2.23. The van der Waals surface area contributed by atoms with Gasteiger partial charge in [0, 0.05) is 4.47 Å². The van der Waals surface area contributed by atoms with E-state index in [9.17, 15) is 0 Å². The summed E-state index contributed by atoms with van der Waals surface area (Å²) in [5.41, 5.74) is 11.2. The quantitative estimate of drug-likeness (QED) is 0.498. The van der Waals surface area contributed by atoms with Crippen LogP contribution in [0.2, 0.25) is 0 Å². The maximum Gasteiger partial charge on any atom is 0.184 e. The lowest BCUT2D eigenvalue weighted by molar-refractivity contribution is 1.04. The minimum absolute atomic E-state index is 0.165. The number of thiocarbonyl (C=S) groups is 1. The summed E-state index contributed by atoms with van der Waals surface area (Å²) in [7, 11) is 0. The summed E-state index contributed by atoms with van der Waals surface area (Å²) in [5, 5.41) is 4.08. The van der Waals surface area contributed by atoms with Crippen molar-refractivity contribution in [3.63, 3.8) is 0 Å². The maximum absolute atomic E-state index is 5.25. The molecular weight excluding hydrogens is 274 g/mol. The van der Waals surface area contributed by atoms with Crippen LogP contribution in [0.5, 0.6) is 0 Å². The van der Waals surface area contributed by atoms with Gasteiger partial charge in [-0.15, -0.1) is 0 Å². The highest BCUT2D eigenvalue weighted by Gasteiger charge is 2.01. The first kappa shape index (κ1) is 12.1. The van der Waals surface area contributed by atoms with E-state index in [-0.39, 0.29) is 5.11 Å². The Balaban J connectivity index is 2.92. The van der Waals surface area contributed by atoms with Crippen molar-refractivity contribution in [3.05, 3.63) is 33.3 Å². The predicted molar refractivity (Wildman–Crippen MR) is 71.1 cm³/mol. The van der Waals surface area contributed by atoms with Crippen LogP contribution in [0.4, 0.5) is 0 Å². The number of hydrazone groups is 1. The molecule has 0 aliphatic carbocycles. The molecular formula is C10H12BrN3S. The van der Waals surface area contributed by atoms with E-state index in [1.165, 1.54) is 11.1 Å². The molecule has 80 valence electrons. The van der Waals surface area contributed by atoms with Gasteiger partial charge in [-0.2, -0.15) is 5.10 Å². The van der Waals surface area contributed by atoms with Gasteiger partial charge in [0.05, 0.1) is 6.21 Å². The van der Waals surface area contributed by atoms with Gasteiger partial charge in [-0.1, -0.05) is 22.0 Å². The zero-order valence-corrected chi connectivity index (χ0v) is 10.9. The molecule has 15 heavy (non-hydrogen) atoms. The number of hydrogen-bond donors (Lipinski definition) is 2. The van der Waals surface area contributed by atoms with Crippen molar-refractivity contribution in [1.82, 2.24) is 5.43 Å². The third-order valence-electron chi connectivity index (χ3n) is 2.14. The van der Waals surface area contributed by atoms with Crippen molar-refractivity contribution in [2.45, 2.75) is 13.8 Å². The van der Waals surface area contributed by atoms with Crippen LogP contribution in [-0.2, 0) is 0 Å². The number of nitrogens with zero attached hydrogens (tertiary/aromatic N) is 1. The Hall–Kier alpha value is -0.940. The lowest BCUT2D eigenvalue weighted by Crippen LogP contribution is -2.24. The fraction of sp³-hybridized carbons (Fsp3) is 0.200. The first-order valence-corrected chi connectivity index (χ1v) is 5.56. The van der Waals surface area contributed by atoms with Gasteiger partial charge in [-0.25, -0.2) is 0 Å². The standard InChI is InChI=1S/C10H12BrN3S/c1-6-7(2)9(11)4-3-8(6)5-13-14-10(12)15/h3-5H,1-2H3,(H3,12,14,15). The van der Waals surface area contributed by atoms with Gasteiger partial charge < -0.3 is 5.73 Å². The second-order valence-corrected chi connectivity index (χ2v) is 4.42. The van der Waals surface area contributed by atoms with Crippen molar-refractivity contribution in [2.24, 2.45) is 10.8 Å². The van der Waals surface area contributed by atoms with Crippen LogP contribution >= 0.6 is 28.1 Å². The van der Waals surface area contributed by atoms with E-state index in [4.69, 9.17) is 5.73 Å². The van der Waals surface area contributed by atoms with Crippen LogP contribution in [0.25, 0.3) is 0 Å². The van der Waals surface area contributed by atoms with Crippen LogP contribution in [0.15, 0.2) is 21.7 Å². The molecule has 0 saturated carbocycles. The summed E-state index contributed by atoms with van der Waals surface area (Å²) < 4.78 is 1.10. The molecule has 3 nitrogen and oxygen atoms in total. The summed E-state index contributed by atoms with van der Waals surface area (Å²) in [4.78, 5) is 0. The molecule has 0 aromatic heterocycles. The number of nitrogens with one attached hydrogen (secondary N) is 1. The van der Waals surface area contributed by atoms with Gasteiger partial charge in [0.1, 0.15) is 0 Å². The van der Waals surface area contributed by atoms with E-state index in [1.54, 1.807) is 6.21 Å². The van der Waals surface area contributed by atoms with Gasteiger partial charge in [-0.05, 0) is 48.8 Å². The van der Waals surface area contributed by atoms with Crippen molar-refractivity contribution in [2.75, 3.05) is 0 Å². The molecule has 0 spiro atoms. The molecule has 0 saturated heterocycles. The average Bonchev–Trinajstić information content (AvgIpc) is 2.18. The Bertz CT molecular complexity index is 415. The molecule has 1 aromatic rings. The van der Waals surface area contributed by atoms with E-state index < -0.39 is 0 Å². The molecule has 0 heterocycles. The molecule has 1 aromatic carbocycles. The lowest BCUT2D eigenvalue weighted by Gasteiger charge is -2.06. The van der Waals surface area contributed by atoms with Crippen LogP contribution < -0.4 is 11.2 Å². The van der Waals surface area contributed by atoms with Gasteiger partial charge in [-0.3, -0.25) is 5.43 Å². The summed E-state index contributed by atoms with van der Waals surface area (Å²) in [6.45, 7) is 4.10. The summed E-state index contributed by atoms with van der Waals surface area (Å²) >= 11 is 8.11. The molecule has 0 radical (unpaired) electrons. The first-order chi connectivity index (χ1) is 7.02. The smallest absolute Gasteiger partial charge is 0.184 e. The monoisotopic (exact) mass is 285 g/mol. The molecule has 0 aliphatic heterocycles. The SMILES string of the molecule is Cc1c(Br)ccc(C=NNC(N)=S)c1C. The zero-order valence-electron chi connectivity index (χ0n) is 8.54. The minimum Gasteiger partial charge on any atom is -0.375 e.